The number of amides is 1. The van der Waals surface area contributed by atoms with Crippen LogP contribution < -0.4 is 5.32 Å². The summed E-state index contributed by atoms with van der Waals surface area (Å²) in [7, 11) is -0.561. The highest BCUT2D eigenvalue weighted by Crippen LogP contribution is 2.39. The van der Waals surface area contributed by atoms with Gasteiger partial charge in [-0.05, 0) is 56.6 Å². The predicted octanol–water partition coefficient (Wildman–Crippen LogP) is 5.35. The van der Waals surface area contributed by atoms with E-state index in [4.69, 9.17) is 14.0 Å². The van der Waals surface area contributed by atoms with Crippen LogP contribution in [0, 0.1) is 0 Å². The minimum absolute atomic E-state index is 0.220. The molecule has 0 saturated carbocycles. The van der Waals surface area contributed by atoms with Gasteiger partial charge in [0.2, 0.25) is 0 Å². The molecule has 1 N–H and O–H groups in total. The van der Waals surface area contributed by atoms with E-state index < -0.39 is 24.4 Å². The van der Waals surface area contributed by atoms with Gasteiger partial charge in [0.15, 0.2) is 0 Å². The number of alkyl carbamates (subject to hydrolysis) is 1. The molecule has 0 spiro atoms. The second-order valence-electron chi connectivity index (χ2n) is 8.46. The molecule has 0 radical (unpaired) electrons. The fraction of sp³-hybridized carbons (Fsp3) is 0.375. The Hall–Kier alpha value is -2.22. The molecule has 0 unspecified atom stereocenters. The highest BCUT2D eigenvalue weighted by atomic mass is 32.2. The van der Waals surface area contributed by atoms with Gasteiger partial charge in [-0.2, -0.15) is 0 Å². The van der Waals surface area contributed by atoms with Crippen LogP contribution in [0.15, 0.2) is 65.0 Å². The molecule has 1 aliphatic heterocycles. The molecule has 7 heteroatoms. The molecule has 2 aromatic carbocycles. The van der Waals surface area contributed by atoms with Gasteiger partial charge in [-0.15, -0.1) is 11.8 Å². The molecule has 3 rings (SSSR count). The summed E-state index contributed by atoms with van der Waals surface area (Å²) in [6, 6.07) is 17.7. The van der Waals surface area contributed by atoms with Gasteiger partial charge in [0.05, 0.1) is 11.2 Å². The fourth-order valence-electron chi connectivity index (χ4n) is 3.13. The molecule has 0 aromatic heterocycles. The molecule has 0 bridgehead atoms. The molecule has 0 atom stereocenters. The van der Waals surface area contributed by atoms with Crippen molar-refractivity contribution in [3.8, 4) is 0 Å². The van der Waals surface area contributed by atoms with Crippen molar-refractivity contribution in [3.05, 3.63) is 71.2 Å². The number of thioether (sulfide) groups is 1. The van der Waals surface area contributed by atoms with E-state index in [1.165, 1.54) is 0 Å². The van der Waals surface area contributed by atoms with Gasteiger partial charge in [0.25, 0.3) is 0 Å². The largest absolute Gasteiger partial charge is 0.492 e. The lowest BCUT2D eigenvalue weighted by Crippen LogP contribution is -2.41. The number of rotatable bonds is 7. The maximum atomic E-state index is 12.3. The average molecular weight is 439 g/mol. The standard InChI is InChI=1S/C24H30BNO4S/c1-23(2)24(3,4)30-25(29-23)20(15-19-13-9-10-14-21(19)31-5)16-26-22(27)28-17-18-11-7-6-8-12-18/h6-15H,16-17H2,1-5H3,(H,26,27). The van der Waals surface area contributed by atoms with E-state index in [1.54, 1.807) is 11.8 Å². The molecule has 1 heterocycles. The molecule has 1 amide bonds. The summed E-state index contributed by atoms with van der Waals surface area (Å²) in [6.07, 6.45) is 3.59. The average Bonchev–Trinajstić information content (AvgIpc) is 2.97. The van der Waals surface area contributed by atoms with Gasteiger partial charge in [0, 0.05) is 11.4 Å². The van der Waals surface area contributed by atoms with E-state index in [-0.39, 0.29) is 13.2 Å². The first-order chi connectivity index (χ1) is 14.7. The van der Waals surface area contributed by atoms with Crippen LogP contribution in [0.5, 0.6) is 0 Å². The first kappa shape index (κ1) is 23.4. The van der Waals surface area contributed by atoms with E-state index in [0.29, 0.717) is 0 Å². The van der Waals surface area contributed by atoms with E-state index in [2.05, 4.69) is 11.4 Å². The van der Waals surface area contributed by atoms with Gasteiger partial charge in [-0.1, -0.05) is 54.6 Å². The molecule has 1 saturated heterocycles. The van der Waals surface area contributed by atoms with E-state index in [0.717, 1.165) is 21.5 Å². The van der Waals surface area contributed by atoms with Crippen molar-refractivity contribution < 1.29 is 18.8 Å². The summed E-state index contributed by atoms with van der Waals surface area (Å²) in [5.41, 5.74) is 1.89. The summed E-state index contributed by atoms with van der Waals surface area (Å²) >= 11 is 1.67. The van der Waals surface area contributed by atoms with Crippen LogP contribution in [-0.4, -0.2) is 37.2 Å². The Morgan fingerprint density at radius 3 is 2.29 bits per heavy atom. The zero-order valence-corrected chi connectivity index (χ0v) is 19.6. The number of benzene rings is 2. The van der Waals surface area contributed by atoms with Crippen LogP contribution in [0.2, 0.25) is 0 Å². The second-order valence-corrected chi connectivity index (χ2v) is 9.31. The van der Waals surface area contributed by atoms with Crippen LogP contribution in [-0.2, 0) is 20.7 Å². The number of hydrogen-bond acceptors (Lipinski definition) is 5. The summed E-state index contributed by atoms with van der Waals surface area (Å²) in [5, 5.41) is 2.85. The summed E-state index contributed by atoms with van der Waals surface area (Å²) in [5.74, 6) is 0. The third kappa shape index (κ3) is 5.94. The van der Waals surface area contributed by atoms with Crippen molar-refractivity contribution in [2.45, 2.75) is 50.4 Å². The molecule has 0 aliphatic carbocycles. The third-order valence-corrected chi connectivity index (χ3v) is 6.50. The lowest BCUT2D eigenvalue weighted by molar-refractivity contribution is 0.00578. The van der Waals surface area contributed by atoms with Crippen LogP contribution in [0.25, 0.3) is 6.08 Å². The Kier molecular flexibility index (Phi) is 7.52. The molecule has 5 nitrogen and oxygen atoms in total. The number of hydrogen-bond donors (Lipinski definition) is 1. The lowest BCUT2D eigenvalue weighted by Gasteiger charge is -2.32. The Bertz CT molecular complexity index is 914. The zero-order chi connectivity index (χ0) is 22.5. The van der Waals surface area contributed by atoms with Gasteiger partial charge < -0.3 is 19.4 Å². The first-order valence-electron chi connectivity index (χ1n) is 10.4. The van der Waals surface area contributed by atoms with Crippen molar-refractivity contribution in [1.82, 2.24) is 5.32 Å². The Morgan fingerprint density at radius 1 is 1.03 bits per heavy atom. The van der Waals surface area contributed by atoms with E-state index in [9.17, 15) is 4.79 Å². The third-order valence-electron chi connectivity index (χ3n) is 5.69. The maximum Gasteiger partial charge on any atom is 0.492 e. The monoisotopic (exact) mass is 439 g/mol. The van der Waals surface area contributed by atoms with Crippen molar-refractivity contribution in [1.29, 1.82) is 0 Å². The number of carbonyl (C=O) groups excluding carboxylic acids is 1. The van der Waals surface area contributed by atoms with Gasteiger partial charge in [0.1, 0.15) is 6.61 Å². The number of nitrogens with one attached hydrogen (secondary N) is 1. The van der Waals surface area contributed by atoms with Crippen LogP contribution in [0.3, 0.4) is 0 Å². The number of carbonyl (C=O) groups is 1. The van der Waals surface area contributed by atoms with E-state index >= 15 is 0 Å². The highest BCUT2D eigenvalue weighted by molar-refractivity contribution is 7.98. The molecule has 31 heavy (non-hydrogen) atoms. The molecule has 164 valence electrons. The number of ether oxygens (including phenoxy) is 1. The molecule has 2 aromatic rings. The highest BCUT2D eigenvalue weighted by Gasteiger charge is 2.52. The quantitative estimate of drug-likeness (QED) is 0.466. The Balaban J connectivity index is 1.75. The molecule has 1 fully saturated rings. The van der Waals surface area contributed by atoms with Crippen LogP contribution >= 0.6 is 11.8 Å². The predicted molar refractivity (Wildman–Crippen MR) is 127 cm³/mol. The summed E-state index contributed by atoms with van der Waals surface area (Å²) < 4.78 is 17.8. The van der Waals surface area contributed by atoms with E-state index in [1.807, 2.05) is 88.6 Å². The van der Waals surface area contributed by atoms with Gasteiger partial charge >= 0.3 is 13.2 Å². The SMILES string of the molecule is CSc1ccccc1C=C(CNC(=O)OCc1ccccc1)B1OC(C)(C)C(C)(C)O1. The summed E-state index contributed by atoms with van der Waals surface area (Å²) in [6.45, 7) is 8.54. The van der Waals surface area contributed by atoms with Gasteiger partial charge in [-0.25, -0.2) is 4.79 Å². The minimum Gasteiger partial charge on any atom is -0.445 e. The second kappa shape index (κ2) is 9.94. The lowest BCUT2D eigenvalue weighted by atomic mass is 9.77. The zero-order valence-electron chi connectivity index (χ0n) is 18.8. The molecular formula is C24H30BNO4S. The normalized spacial score (nSPS) is 17.5. The Morgan fingerprint density at radius 2 is 1.65 bits per heavy atom. The molecule has 1 aliphatic rings. The summed E-state index contributed by atoms with van der Waals surface area (Å²) in [4.78, 5) is 13.5. The maximum absolute atomic E-state index is 12.3. The smallest absolute Gasteiger partial charge is 0.445 e. The van der Waals surface area contributed by atoms with Gasteiger partial charge in [-0.3, -0.25) is 0 Å². The van der Waals surface area contributed by atoms with Crippen molar-refractivity contribution in [3.63, 3.8) is 0 Å². The Labute approximate surface area is 189 Å². The first-order valence-corrected chi connectivity index (χ1v) is 11.6. The topological polar surface area (TPSA) is 56.8 Å². The van der Waals surface area contributed by atoms with Crippen molar-refractivity contribution in [2.75, 3.05) is 12.8 Å². The fourth-order valence-corrected chi connectivity index (χ4v) is 3.71. The molecular weight excluding hydrogens is 409 g/mol. The minimum atomic E-state index is -0.561. The van der Waals surface area contributed by atoms with Crippen molar-refractivity contribution >= 4 is 31.0 Å². The van der Waals surface area contributed by atoms with Crippen LogP contribution in [0.1, 0.15) is 38.8 Å². The van der Waals surface area contributed by atoms with Crippen molar-refractivity contribution in [2.24, 2.45) is 0 Å². The van der Waals surface area contributed by atoms with Crippen LogP contribution in [0.4, 0.5) is 4.79 Å².